The van der Waals surface area contributed by atoms with Crippen LogP contribution < -0.4 is 5.32 Å². The van der Waals surface area contributed by atoms with Gasteiger partial charge < -0.3 is 33.6 Å². The van der Waals surface area contributed by atoms with Gasteiger partial charge in [0, 0.05) is 5.56 Å². The molecular weight excluding hydrogens is 802 g/mol. The predicted molar refractivity (Wildman–Crippen MR) is 193 cm³/mol. The fraction of sp³-hybridized carbons (Fsp3) is 0.406. The van der Waals surface area contributed by atoms with Crippen LogP contribution in [0.3, 0.4) is 0 Å². The van der Waals surface area contributed by atoms with E-state index in [1.807, 2.05) is 0 Å². The molecule has 0 spiro atoms. The maximum absolute atomic E-state index is 16.5. The number of rotatable bonds is 7. The lowest BCUT2D eigenvalue weighted by molar-refractivity contribution is -0.0655. The Labute approximate surface area is 320 Å². The standard InChI is InChI=1S/C32H31F2N9O10P2S/c1-17-7-6-10-19-24(17)40-41-43(19)32-23(34)27-20(51-32)13-48-54(45,46)52-26-21(14-49-55(56,53-27)47-12-11-35-2)50-31(22(26)33)42-16-38-25-28(36-15-37-29(25)42)39-30(44)18-8-4-3-5-9-18/h3-10,15-16,20-23,26-27,31-32H,11-14H2,1H3,(H,45,46)(H,36,37,39,44)/t20-,21-,22-,23-,26-,27-,31-,32-,55?/m1/s1. The van der Waals surface area contributed by atoms with Crippen LogP contribution in [0, 0.1) is 13.5 Å². The van der Waals surface area contributed by atoms with Crippen LogP contribution >= 0.6 is 14.5 Å². The first-order valence-corrected chi connectivity index (χ1v) is 21.0. The molecule has 1 amide bonds. The van der Waals surface area contributed by atoms with Crippen molar-refractivity contribution in [3.05, 3.63) is 83.7 Å². The van der Waals surface area contributed by atoms with Crippen molar-refractivity contribution in [2.24, 2.45) is 0 Å². The van der Waals surface area contributed by atoms with Gasteiger partial charge in [0.2, 0.25) is 6.54 Å². The molecule has 5 aromatic rings. The van der Waals surface area contributed by atoms with Gasteiger partial charge in [0.1, 0.15) is 42.9 Å². The van der Waals surface area contributed by atoms with Gasteiger partial charge in [-0.1, -0.05) is 35.5 Å². The van der Waals surface area contributed by atoms with E-state index in [2.05, 4.69) is 35.4 Å². The lowest BCUT2D eigenvalue weighted by atomic mass is 10.1. The van der Waals surface area contributed by atoms with Gasteiger partial charge in [-0.25, -0.2) is 39.6 Å². The maximum Gasteiger partial charge on any atom is 0.472 e. The number of phosphoric ester groups is 1. The summed E-state index contributed by atoms with van der Waals surface area (Å²) in [6.07, 6.45) is -11.3. The van der Waals surface area contributed by atoms with Crippen LogP contribution in [-0.4, -0.2) is 108 Å². The zero-order valence-corrected chi connectivity index (χ0v) is 31.6. The minimum absolute atomic E-state index is 0.0260. The molecule has 3 aliphatic heterocycles. The molecule has 2 aromatic carbocycles. The normalized spacial score (nSPS) is 32.3. The minimum Gasteiger partial charge on any atom is -0.346 e. The summed E-state index contributed by atoms with van der Waals surface area (Å²) in [4.78, 5) is 39.6. The predicted octanol–water partition coefficient (Wildman–Crippen LogP) is 4.38. The Morgan fingerprint density at radius 3 is 2.54 bits per heavy atom. The molecule has 0 saturated carbocycles. The number of hydrogen-bond acceptors (Lipinski definition) is 15. The molecule has 56 heavy (non-hydrogen) atoms. The molecule has 0 radical (unpaired) electrons. The van der Waals surface area contributed by atoms with Gasteiger partial charge in [0.15, 0.2) is 41.8 Å². The SMILES string of the molecule is [C-]#[N+]CCOP1(=S)OC[C@H]2O[C@@H](n3cnc4c(NC(=O)c5ccccc5)ncnc43)[C@H](F)[C@@H]2OP(=O)(O)OC[C@H]2O[C@@H](n3nnc4c(C)cccc43)[C@H](F)[C@@H]2O1. The summed E-state index contributed by atoms with van der Waals surface area (Å²) in [6.45, 7) is 3.09. The summed E-state index contributed by atoms with van der Waals surface area (Å²) in [5.74, 6) is -0.455. The molecule has 2 N–H and O–H groups in total. The third-order valence-corrected chi connectivity index (χ3v) is 12.5. The Balaban J connectivity index is 1.07. The molecule has 3 saturated heterocycles. The number of amides is 1. The van der Waals surface area contributed by atoms with Crippen molar-refractivity contribution in [1.82, 2.24) is 34.5 Å². The van der Waals surface area contributed by atoms with Gasteiger partial charge in [-0.3, -0.25) is 22.9 Å². The van der Waals surface area contributed by atoms with E-state index in [4.69, 9.17) is 50.5 Å². The second kappa shape index (κ2) is 15.6. The first kappa shape index (κ1) is 38.6. The summed E-state index contributed by atoms with van der Waals surface area (Å²) in [5, 5.41) is 10.9. The van der Waals surface area contributed by atoms with Crippen LogP contribution in [0.4, 0.5) is 14.6 Å². The highest BCUT2D eigenvalue weighted by atomic mass is 32.5. The van der Waals surface area contributed by atoms with Crippen molar-refractivity contribution < 1.29 is 55.1 Å². The number of carbonyl (C=O) groups excluding carboxylic acids is 1. The second-order valence-electron chi connectivity index (χ2n) is 12.7. The summed E-state index contributed by atoms with van der Waals surface area (Å²) in [5.41, 5.74) is 2.18. The van der Waals surface area contributed by atoms with Crippen molar-refractivity contribution >= 4 is 60.3 Å². The first-order valence-electron chi connectivity index (χ1n) is 17.0. The van der Waals surface area contributed by atoms with E-state index in [0.29, 0.717) is 16.6 Å². The average Bonchev–Trinajstić information content (AvgIpc) is 3.95. The molecule has 3 aliphatic rings. The third kappa shape index (κ3) is 7.48. The Bertz CT molecular complexity index is 2410. The van der Waals surface area contributed by atoms with E-state index in [1.165, 1.54) is 15.6 Å². The molecule has 10 atom stereocenters. The van der Waals surface area contributed by atoms with Crippen LogP contribution in [0.1, 0.15) is 28.4 Å². The fourth-order valence-corrected chi connectivity index (χ4v) is 9.52. The zero-order valence-electron chi connectivity index (χ0n) is 29.0. The molecule has 2 unspecified atom stereocenters. The number of nitrogens with one attached hydrogen (secondary N) is 1. The molecular formula is C32H31F2N9O10P2S. The lowest BCUT2D eigenvalue weighted by Crippen LogP contribution is -2.37. The number of nitrogens with zero attached hydrogens (tertiary/aromatic N) is 8. The number of anilines is 1. The fourth-order valence-electron chi connectivity index (χ4n) is 6.48. The van der Waals surface area contributed by atoms with Crippen LogP contribution in [0.2, 0.25) is 0 Å². The molecule has 3 fully saturated rings. The first-order chi connectivity index (χ1) is 26.9. The number of aryl methyl sites for hydroxylation is 1. The van der Waals surface area contributed by atoms with Gasteiger partial charge >= 0.3 is 14.5 Å². The number of ether oxygens (including phenoxy) is 2. The number of hydrogen-bond donors (Lipinski definition) is 2. The highest BCUT2D eigenvalue weighted by Gasteiger charge is 2.55. The Kier molecular flexibility index (Phi) is 10.8. The third-order valence-electron chi connectivity index (χ3n) is 9.14. The monoisotopic (exact) mass is 833 g/mol. The molecule has 0 bridgehead atoms. The number of alkyl halides is 2. The second-order valence-corrected chi connectivity index (χ2v) is 17.1. The molecule has 294 valence electrons. The van der Waals surface area contributed by atoms with Crippen LogP contribution in [0.25, 0.3) is 27.0 Å². The summed E-state index contributed by atoms with van der Waals surface area (Å²) < 4.78 is 89.2. The topological polar surface area (TPSA) is 210 Å². The molecule has 6 heterocycles. The van der Waals surface area contributed by atoms with Gasteiger partial charge in [-0.15, -0.1) is 5.10 Å². The molecule has 0 aliphatic carbocycles. The van der Waals surface area contributed by atoms with Crippen molar-refractivity contribution in [3.8, 4) is 0 Å². The Morgan fingerprint density at radius 2 is 1.75 bits per heavy atom. The number of carbonyl (C=O) groups is 1. The molecule has 24 heteroatoms. The average molecular weight is 834 g/mol. The molecule has 19 nitrogen and oxygen atoms in total. The van der Waals surface area contributed by atoms with Gasteiger partial charge in [-0.2, -0.15) is 0 Å². The minimum atomic E-state index is -5.15. The van der Waals surface area contributed by atoms with Crippen molar-refractivity contribution in [1.29, 1.82) is 0 Å². The molecule has 8 rings (SSSR count). The highest BCUT2D eigenvalue weighted by Crippen LogP contribution is 2.57. The van der Waals surface area contributed by atoms with Crippen molar-refractivity contribution in [3.63, 3.8) is 0 Å². The van der Waals surface area contributed by atoms with E-state index >= 15 is 8.78 Å². The van der Waals surface area contributed by atoms with Gasteiger partial charge in [0.05, 0.1) is 25.1 Å². The number of aromatic nitrogens is 7. The number of phosphoric acid groups is 1. The number of benzene rings is 2. The lowest BCUT2D eigenvalue weighted by Gasteiger charge is -2.30. The smallest absolute Gasteiger partial charge is 0.346 e. The van der Waals surface area contributed by atoms with Crippen molar-refractivity contribution in [2.45, 2.75) is 56.1 Å². The summed E-state index contributed by atoms with van der Waals surface area (Å²) in [7, 11) is -5.15. The van der Waals surface area contributed by atoms with Crippen molar-refractivity contribution in [2.75, 3.05) is 31.7 Å². The van der Waals surface area contributed by atoms with Gasteiger partial charge in [0.25, 0.3) is 5.91 Å². The van der Waals surface area contributed by atoms with Crippen LogP contribution in [-0.2, 0) is 48.5 Å². The van der Waals surface area contributed by atoms with E-state index < -0.39 is 82.9 Å². The maximum atomic E-state index is 16.5. The summed E-state index contributed by atoms with van der Waals surface area (Å²) >= 11 is 5.68. The number of fused-ring (bicyclic) bond motifs is 4. The van der Waals surface area contributed by atoms with E-state index in [1.54, 1.807) is 55.5 Å². The summed E-state index contributed by atoms with van der Waals surface area (Å²) in [6, 6.07) is 13.5. The van der Waals surface area contributed by atoms with Gasteiger partial charge in [-0.05, 0) is 42.5 Å². The quantitative estimate of drug-likeness (QED) is 0.132. The Hall–Kier alpha value is -4.23. The molecule has 3 aromatic heterocycles. The van der Waals surface area contributed by atoms with Crippen LogP contribution in [0.15, 0.2) is 61.2 Å². The highest BCUT2D eigenvalue weighted by molar-refractivity contribution is 8.07. The number of imidazole rings is 1. The van der Waals surface area contributed by atoms with E-state index in [-0.39, 0.29) is 30.1 Å². The largest absolute Gasteiger partial charge is 0.472 e. The van der Waals surface area contributed by atoms with E-state index in [9.17, 15) is 14.3 Å². The Morgan fingerprint density at radius 1 is 1.02 bits per heavy atom. The number of halogens is 2. The zero-order chi connectivity index (χ0) is 39.2. The van der Waals surface area contributed by atoms with E-state index in [0.717, 1.165) is 11.9 Å². The van der Waals surface area contributed by atoms with Crippen LogP contribution in [0.5, 0.6) is 0 Å².